The number of ether oxygens (including phenoxy) is 2. The van der Waals surface area contributed by atoms with Gasteiger partial charge in [-0.1, -0.05) is 17.7 Å². The van der Waals surface area contributed by atoms with Crippen molar-refractivity contribution >= 4 is 71.0 Å². The number of nitrogens with zero attached hydrogens (tertiary/aromatic N) is 5. The molecule has 4 fully saturated rings. The molecule has 55 heavy (non-hydrogen) atoms. The minimum absolute atomic E-state index is 0.00883. The van der Waals surface area contributed by atoms with Crippen LogP contribution in [0.2, 0.25) is 5.02 Å². The number of piperidine rings is 1. The summed E-state index contributed by atoms with van der Waals surface area (Å²) in [6.45, 7) is 6.91. The normalized spacial score (nSPS) is 25.1. The number of benzene rings is 2. The molecular formula is C36H38ClF3N8O5S2. The summed E-state index contributed by atoms with van der Waals surface area (Å²) in [4.78, 5) is 25.9. The number of carbonyl (C=O) groups is 1. The minimum Gasteiger partial charge on any atom is -0.461 e. The van der Waals surface area contributed by atoms with E-state index in [1.807, 2.05) is 11.0 Å². The van der Waals surface area contributed by atoms with Gasteiger partial charge in [0.15, 0.2) is 5.82 Å². The number of thiophene rings is 1. The molecule has 8 rings (SSSR count). The Bertz CT molecular complexity index is 2410. The maximum atomic E-state index is 17.3. The van der Waals surface area contributed by atoms with Crippen LogP contribution in [0, 0.1) is 23.0 Å². The smallest absolute Gasteiger partial charge is 0.412 e. The second kappa shape index (κ2) is 13.6. The van der Waals surface area contributed by atoms with Crippen LogP contribution in [0.5, 0.6) is 6.01 Å². The molecule has 4 aliphatic rings. The molecule has 3 N–H and O–H groups in total. The Balaban J connectivity index is 1.26. The van der Waals surface area contributed by atoms with Crippen LogP contribution in [0.25, 0.3) is 32.1 Å². The van der Waals surface area contributed by atoms with Crippen LogP contribution in [0.1, 0.15) is 58.4 Å². The molecule has 0 radical (unpaired) electrons. The number of nitrogens with one attached hydrogen (secondary N) is 3. The topological polar surface area (TPSA) is 162 Å². The molecule has 3 atom stereocenters. The SMILES string of the molecule is CC(C)(C)OC(=O)Nc1sc2c(F)ccc(-c3c(Cl)cc4c(N5CCC[C@]6(CNS(=O)(=O)N6)C5)nc(OC[C@@]56CCCN5C[C@H](F)C6)nc4c3F)c2c1C#N. The predicted octanol–water partition coefficient (Wildman–Crippen LogP) is 6.39. The zero-order valence-electron chi connectivity index (χ0n) is 30.2. The van der Waals surface area contributed by atoms with Crippen molar-refractivity contribution in [3.8, 4) is 23.2 Å². The fraction of sp³-hybridized carbons (Fsp3) is 0.500. The number of hydrogen-bond donors (Lipinski definition) is 3. The summed E-state index contributed by atoms with van der Waals surface area (Å²) >= 11 is 7.72. The number of aromatic nitrogens is 2. The summed E-state index contributed by atoms with van der Waals surface area (Å²) in [5, 5.41) is 13.0. The Hall–Kier alpha value is -3.99. The van der Waals surface area contributed by atoms with Crippen molar-refractivity contribution < 1.29 is 35.9 Å². The lowest BCUT2D eigenvalue weighted by atomic mass is 9.90. The van der Waals surface area contributed by atoms with Crippen LogP contribution >= 0.6 is 22.9 Å². The number of carbonyl (C=O) groups excluding carboxylic acids is 1. The van der Waals surface area contributed by atoms with Gasteiger partial charge in [-0.05, 0) is 70.7 Å². The molecule has 2 aromatic carbocycles. The fourth-order valence-corrected chi connectivity index (χ4v) is 11.2. The van der Waals surface area contributed by atoms with Gasteiger partial charge < -0.3 is 14.4 Å². The standard InChI is InChI=1S/C36H38ClF3N8O5S2/c1-34(2,3)53-33(49)45-31-22(14-41)25-20(6-7-24(39)29(25)54-31)26-23(37)12-21-28(27(26)40)43-32(52-18-36-9-5-11-48(36)15-19(38)13-36)44-30(21)47-10-4-8-35(17-47)16-42-55(50,51)46-35/h6-7,12,19,42,46H,4-5,8-11,13,15-18H2,1-3H3,(H,45,49)/t19-,35+,36+/m1/s1. The van der Waals surface area contributed by atoms with Crippen LogP contribution in [0.15, 0.2) is 18.2 Å². The number of nitriles is 1. The number of alkyl halides is 1. The Morgan fingerprint density at radius 1 is 1.22 bits per heavy atom. The molecule has 6 heterocycles. The molecular weight excluding hydrogens is 781 g/mol. The van der Waals surface area contributed by atoms with Gasteiger partial charge in [0, 0.05) is 48.9 Å². The monoisotopic (exact) mass is 818 g/mol. The molecule has 4 saturated heterocycles. The summed E-state index contributed by atoms with van der Waals surface area (Å²) in [5.41, 5.74) is -2.64. The number of hydrogen-bond acceptors (Lipinski definition) is 11. The first-order valence-electron chi connectivity index (χ1n) is 17.9. The quantitative estimate of drug-likeness (QED) is 0.199. The van der Waals surface area contributed by atoms with Gasteiger partial charge in [0.2, 0.25) is 0 Å². The van der Waals surface area contributed by atoms with Gasteiger partial charge in [-0.25, -0.2) is 22.7 Å². The molecule has 292 valence electrons. The van der Waals surface area contributed by atoms with Crippen molar-refractivity contribution in [3.63, 3.8) is 0 Å². The third-order valence-corrected chi connectivity index (χ3v) is 13.3. The first-order chi connectivity index (χ1) is 26.0. The van der Waals surface area contributed by atoms with Crippen LogP contribution in [0.4, 0.5) is 28.8 Å². The van der Waals surface area contributed by atoms with Crippen molar-refractivity contribution in [3.05, 3.63) is 40.4 Å². The van der Waals surface area contributed by atoms with Gasteiger partial charge in [0.05, 0.1) is 26.4 Å². The van der Waals surface area contributed by atoms with Gasteiger partial charge in [0.25, 0.3) is 10.2 Å². The largest absolute Gasteiger partial charge is 0.461 e. The molecule has 2 aromatic heterocycles. The van der Waals surface area contributed by atoms with E-state index in [1.54, 1.807) is 20.8 Å². The van der Waals surface area contributed by atoms with Crippen molar-refractivity contribution in [2.24, 2.45) is 0 Å². The number of anilines is 2. The maximum Gasteiger partial charge on any atom is 0.412 e. The summed E-state index contributed by atoms with van der Waals surface area (Å²) in [6, 6.07) is 5.79. The molecule has 19 heteroatoms. The Morgan fingerprint density at radius 3 is 2.73 bits per heavy atom. The average Bonchev–Trinajstić information content (AvgIpc) is 3.83. The third kappa shape index (κ3) is 6.93. The van der Waals surface area contributed by atoms with Gasteiger partial charge in [-0.2, -0.15) is 28.4 Å². The highest BCUT2D eigenvalue weighted by Gasteiger charge is 2.50. The number of amides is 1. The van der Waals surface area contributed by atoms with E-state index in [-0.39, 0.29) is 85.6 Å². The summed E-state index contributed by atoms with van der Waals surface area (Å²) < 4.78 is 89.0. The van der Waals surface area contributed by atoms with E-state index >= 15 is 8.78 Å². The van der Waals surface area contributed by atoms with Crippen molar-refractivity contribution in [2.75, 3.05) is 49.5 Å². The first kappa shape index (κ1) is 37.9. The van der Waals surface area contributed by atoms with E-state index in [9.17, 15) is 22.9 Å². The third-order valence-electron chi connectivity index (χ3n) is 10.7. The molecule has 13 nitrogen and oxygen atoms in total. The number of fused-ring (bicyclic) bond motifs is 3. The van der Waals surface area contributed by atoms with Gasteiger partial charge in [-0.15, -0.1) is 11.3 Å². The Morgan fingerprint density at radius 2 is 2.00 bits per heavy atom. The van der Waals surface area contributed by atoms with Crippen LogP contribution < -0.4 is 24.4 Å². The highest BCUT2D eigenvalue weighted by Crippen LogP contribution is 2.47. The van der Waals surface area contributed by atoms with Crippen molar-refractivity contribution in [1.29, 1.82) is 5.26 Å². The second-order valence-electron chi connectivity index (χ2n) is 15.7. The summed E-state index contributed by atoms with van der Waals surface area (Å²) in [7, 11) is -3.71. The van der Waals surface area contributed by atoms with Gasteiger partial charge in [-0.3, -0.25) is 10.2 Å². The lowest BCUT2D eigenvalue weighted by molar-refractivity contribution is 0.0636. The van der Waals surface area contributed by atoms with Gasteiger partial charge in [0.1, 0.15) is 46.6 Å². The maximum absolute atomic E-state index is 17.3. The molecule has 0 unspecified atom stereocenters. The Labute approximate surface area is 324 Å². The zero-order valence-corrected chi connectivity index (χ0v) is 32.6. The molecule has 0 bridgehead atoms. The van der Waals surface area contributed by atoms with E-state index < -0.39 is 50.8 Å². The highest BCUT2D eigenvalue weighted by molar-refractivity contribution is 7.87. The van der Waals surface area contributed by atoms with Gasteiger partial charge >= 0.3 is 12.1 Å². The summed E-state index contributed by atoms with van der Waals surface area (Å²) in [5.74, 6) is -1.34. The molecule has 0 aliphatic carbocycles. The number of rotatable bonds is 6. The zero-order chi connectivity index (χ0) is 39.1. The minimum atomic E-state index is -3.71. The molecule has 4 aliphatic heterocycles. The second-order valence-corrected chi connectivity index (χ2v) is 18.6. The van der Waals surface area contributed by atoms with E-state index in [4.69, 9.17) is 26.1 Å². The lowest BCUT2D eigenvalue weighted by Crippen LogP contribution is -2.56. The van der Waals surface area contributed by atoms with E-state index in [2.05, 4.69) is 24.6 Å². The molecule has 4 aromatic rings. The van der Waals surface area contributed by atoms with E-state index in [0.717, 1.165) is 36.8 Å². The van der Waals surface area contributed by atoms with E-state index in [0.29, 0.717) is 25.9 Å². The molecule has 1 amide bonds. The number of halogens is 4. The lowest BCUT2D eigenvalue weighted by Gasteiger charge is -2.40. The molecule has 1 spiro atoms. The fourth-order valence-electron chi connectivity index (χ4n) is 8.46. The first-order valence-corrected chi connectivity index (χ1v) is 20.6. The molecule has 0 saturated carbocycles. The van der Waals surface area contributed by atoms with Crippen molar-refractivity contribution in [2.45, 2.75) is 75.7 Å². The van der Waals surface area contributed by atoms with E-state index in [1.165, 1.54) is 12.1 Å². The predicted molar refractivity (Wildman–Crippen MR) is 203 cm³/mol. The summed E-state index contributed by atoms with van der Waals surface area (Å²) in [6.07, 6.45) is 1.16. The average molecular weight is 819 g/mol. The van der Waals surface area contributed by atoms with Crippen molar-refractivity contribution in [1.82, 2.24) is 24.3 Å². The highest BCUT2D eigenvalue weighted by atomic mass is 35.5. The van der Waals surface area contributed by atoms with Crippen LogP contribution in [-0.4, -0.2) is 91.6 Å². The van der Waals surface area contributed by atoms with Crippen LogP contribution in [-0.2, 0) is 14.9 Å². The Kier molecular flexibility index (Phi) is 9.37. The van der Waals surface area contributed by atoms with Crippen LogP contribution in [0.3, 0.4) is 0 Å².